The van der Waals surface area contributed by atoms with Gasteiger partial charge in [0.05, 0.1) is 17.0 Å². The van der Waals surface area contributed by atoms with Gasteiger partial charge in [0, 0.05) is 16.8 Å². The molecule has 4 aromatic rings. The zero-order chi connectivity index (χ0) is 21.4. The Morgan fingerprint density at radius 3 is 2.94 bits per heavy atom. The summed E-state index contributed by atoms with van der Waals surface area (Å²) in [5.74, 6) is 1.06. The fourth-order valence-electron chi connectivity index (χ4n) is 3.13. The number of thioether (sulfide) groups is 1. The van der Waals surface area contributed by atoms with E-state index in [0.29, 0.717) is 43.3 Å². The summed E-state index contributed by atoms with van der Waals surface area (Å²) in [6.07, 6.45) is 0. The number of halogens is 1. The Bertz CT molecular complexity index is 1370. The van der Waals surface area contributed by atoms with E-state index in [1.54, 1.807) is 48.5 Å². The Kier molecular flexibility index (Phi) is 5.31. The minimum Gasteiger partial charge on any atom is -0.454 e. The lowest BCUT2D eigenvalue weighted by molar-refractivity contribution is -0.113. The molecule has 0 aliphatic carbocycles. The number of carbonyl (C=O) groups excluding carboxylic acids is 1. The topological polar surface area (TPSA) is 82.5 Å². The molecule has 2 aromatic carbocycles. The third-order valence-corrected chi connectivity index (χ3v) is 6.57. The second-order valence-electron chi connectivity index (χ2n) is 6.55. The second kappa shape index (κ2) is 8.26. The zero-order valence-electron chi connectivity index (χ0n) is 15.8. The molecule has 10 heteroatoms. The van der Waals surface area contributed by atoms with Gasteiger partial charge in [0.1, 0.15) is 4.70 Å². The summed E-state index contributed by atoms with van der Waals surface area (Å²) in [6.45, 7) is 0.167. The van der Waals surface area contributed by atoms with E-state index in [4.69, 9.17) is 21.1 Å². The third-order valence-electron chi connectivity index (χ3n) is 4.50. The lowest BCUT2D eigenvalue weighted by Crippen LogP contribution is -2.22. The second-order valence-corrected chi connectivity index (χ2v) is 8.85. The van der Waals surface area contributed by atoms with Crippen LogP contribution in [0.2, 0.25) is 5.02 Å². The van der Waals surface area contributed by atoms with Gasteiger partial charge >= 0.3 is 0 Å². The molecule has 0 radical (unpaired) electrons. The lowest BCUT2D eigenvalue weighted by atomic mass is 10.3. The maximum atomic E-state index is 13.1. The molecule has 0 saturated heterocycles. The summed E-state index contributed by atoms with van der Waals surface area (Å²) >= 11 is 8.64. The molecule has 0 saturated carbocycles. The molecule has 7 nitrogen and oxygen atoms in total. The smallest absolute Gasteiger partial charge is 0.276 e. The maximum absolute atomic E-state index is 13.1. The minimum atomic E-state index is -0.235. The van der Waals surface area contributed by atoms with Crippen molar-refractivity contribution >= 4 is 56.5 Å². The van der Waals surface area contributed by atoms with Crippen molar-refractivity contribution in [3.05, 3.63) is 69.3 Å². The summed E-state index contributed by atoms with van der Waals surface area (Å²) in [4.78, 5) is 30.3. The molecule has 0 bridgehead atoms. The summed E-state index contributed by atoms with van der Waals surface area (Å²) in [6, 6.07) is 14.0. The van der Waals surface area contributed by atoms with Crippen molar-refractivity contribution in [2.75, 3.05) is 17.9 Å². The molecular weight excluding hydrogens is 458 g/mol. The Morgan fingerprint density at radius 2 is 2.06 bits per heavy atom. The number of nitrogens with one attached hydrogen (secondary N) is 1. The minimum absolute atomic E-state index is 0.0666. The van der Waals surface area contributed by atoms with Gasteiger partial charge in [-0.15, -0.1) is 11.3 Å². The van der Waals surface area contributed by atoms with Crippen LogP contribution in [0.5, 0.6) is 11.5 Å². The number of aromatic nitrogens is 2. The highest BCUT2D eigenvalue weighted by Gasteiger charge is 2.17. The number of fused-ring (bicyclic) bond motifs is 2. The Morgan fingerprint density at radius 1 is 1.19 bits per heavy atom. The van der Waals surface area contributed by atoms with Crippen LogP contribution in [-0.2, 0) is 4.79 Å². The molecule has 2 aromatic heterocycles. The number of nitrogens with zero attached hydrogens (tertiary/aromatic N) is 2. The Hall–Kier alpha value is -3.01. The number of thiophene rings is 1. The molecule has 3 heterocycles. The molecule has 1 aliphatic heterocycles. The molecule has 1 amide bonds. The lowest BCUT2D eigenvalue weighted by Gasteiger charge is -2.12. The first-order valence-electron chi connectivity index (χ1n) is 9.17. The molecular formula is C21H14ClN3O4S2. The predicted octanol–water partition coefficient (Wildman–Crippen LogP) is 4.56. The van der Waals surface area contributed by atoms with E-state index < -0.39 is 0 Å². The molecule has 1 N–H and O–H groups in total. The van der Waals surface area contributed by atoms with Gasteiger partial charge in [0.2, 0.25) is 12.7 Å². The van der Waals surface area contributed by atoms with Crippen LogP contribution in [0.4, 0.5) is 5.69 Å². The van der Waals surface area contributed by atoms with Gasteiger partial charge < -0.3 is 14.8 Å². The van der Waals surface area contributed by atoms with Crippen LogP contribution < -0.4 is 20.3 Å². The van der Waals surface area contributed by atoms with Crippen LogP contribution in [0.25, 0.3) is 15.9 Å². The number of amides is 1. The largest absolute Gasteiger partial charge is 0.454 e. The van der Waals surface area contributed by atoms with Crippen molar-refractivity contribution in [2.45, 2.75) is 5.16 Å². The first-order valence-corrected chi connectivity index (χ1v) is 11.4. The standard InChI is InChI=1S/C21H14ClN3O4S2/c22-12-2-1-3-14(8-12)25-20(27)19-15(6-7-30-19)24-21(25)31-10-18(26)23-13-4-5-16-17(9-13)29-11-28-16/h1-9H,10-11H2,(H,23,26). The average Bonchev–Trinajstić information content (AvgIpc) is 3.41. The Labute approximate surface area is 189 Å². The van der Waals surface area contributed by atoms with Crippen molar-refractivity contribution in [1.29, 1.82) is 0 Å². The monoisotopic (exact) mass is 471 g/mol. The fourth-order valence-corrected chi connectivity index (χ4v) is 4.89. The summed E-state index contributed by atoms with van der Waals surface area (Å²) in [5, 5.41) is 5.57. The van der Waals surface area contributed by atoms with Gasteiger partial charge in [-0.3, -0.25) is 14.2 Å². The van der Waals surface area contributed by atoms with Gasteiger partial charge in [0.15, 0.2) is 16.7 Å². The highest BCUT2D eigenvalue weighted by molar-refractivity contribution is 7.99. The van der Waals surface area contributed by atoms with Crippen LogP contribution in [0, 0.1) is 0 Å². The van der Waals surface area contributed by atoms with Crippen molar-refractivity contribution in [3.63, 3.8) is 0 Å². The van der Waals surface area contributed by atoms with Crippen LogP contribution in [0.1, 0.15) is 0 Å². The van der Waals surface area contributed by atoms with Crippen LogP contribution >= 0.6 is 34.7 Å². The van der Waals surface area contributed by atoms with E-state index in [9.17, 15) is 9.59 Å². The number of benzene rings is 2. The molecule has 5 rings (SSSR count). The number of ether oxygens (including phenoxy) is 2. The van der Waals surface area contributed by atoms with E-state index >= 15 is 0 Å². The number of anilines is 1. The molecule has 31 heavy (non-hydrogen) atoms. The van der Waals surface area contributed by atoms with Crippen molar-refractivity contribution < 1.29 is 14.3 Å². The van der Waals surface area contributed by atoms with E-state index in [1.807, 2.05) is 5.38 Å². The van der Waals surface area contributed by atoms with Gasteiger partial charge in [-0.1, -0.05) is 29.4 Å². The molecule has 156 valence electrons. The van der Waals surface area contributed by atoms with E-state index in [1.165, 1.54) is 27.7 Å². The normalized spacial score (nSPS) is 12.3. The van der Waals surface area contributed by atoms with Crippen molar-refractivity contribution in [1.82, 2.24) is 9.55 Å². The average molecular weight is 472 g/mol. The van der Waals surface area contributed by atoms with E-state index in [2.05, 4.69) is 10.3 Å². The quantitative estimate of drug-likeness (QED) is 0.339. The molecule has 0 atom stereocenters. The summed E-state index contributed by atoms with van der Waals surface area (Å²) in [7, 11) is 0. The highest BCUT2D eigenvalue weighted by atomic mass is 35.5. The summed E-state index contributed by atoms with van der Waals surface area (Å²) < 4.78 is 12.7. The third kappa shape index (κ3) is 3.99. The molecule has 0 unspecified atom stereocenters. The molecule has 0 fully saturated rings. The number of rotatable bonds is 5. The number of hydrogen-bond acceptors (Lipinski definition) is 7. The van der Waals surface area contributed by atoms with E-state index in [-0.39, 0.29) is 24.0 Å². The van der Waals surface area contributed by atoms with Crippen LogP contribution in [0.3, 0.4) is 0 Å². The van der Waals surface area contributed by atoms with E-state index in [0.717, 1.165) is 0 Å². The first-order chi connectivity index (χ1) is 15.1. The van der Waals surface area contributed by atoms with Crippen molar-refractivity contribution in [2.24, 2.45) is 0 Å². The highest BCUT2D eigenvalue weighted by Crippen LogP contribution is 2.34. The van der Waals surface area contributed by atoms with Gasteiger partial charge in [0.25, 0.3) is 5.56 Å². The fraction of sp³-hybridized carbons (Fsp3) is 0.0952. The van der Waals surface area contributed by atoms with Crippen LogP contribution in [0.15, 0.2) is 63.9 Å². The first kappa shape index (κ1) is 19.9. The van der Waals surface area contributed by atoms with Crippen molar-refractivity contribution in [3.8, 4) is 17.2 Å². The predicted molar refractivity (Wildman–Crippen MR) is 122 cm³/mol. The zero-order valence-corrected chi connectivity index (χ0v) is 18.2. The molecule has 0 spiro atoms. The SMILES string of the molecule is O=C(CSc1nc2ccsc2c(=O)n1-c1cccc(Cl)c1)Nc1ccc2c(c1)OCO2. The van der Waals surface area contributed by atoms with Gasteiger partial charge in [-0.25, -0.2) is 4.98 Å². The summed E-state index contributed by atoms with van der Waals surface area (Å²) in [5.41, 5.74) is 1.61. The van der Waals surface area contributed by atoms with Gasteiger partial charge in [-0.2, -0.15) is 0 Å². The Balaban J connectivity index is 1.41. The number of hydrogen-bond donors (Lipinski definition) is 1. The maximum Gasteiger partial charge on any atom is 0.276 e. The van der Waals surface area contributed by atoms with Crippen LogP contribution in [-0.4, -0.2) is 28.0 Å². The molecule has 1 aliphatic rings. The van der Waals surface area contributed by atoms with Gasteiger partial charge in [-0.05, 0) is 41.8 Å². The number of carbonyl (C=O) groups is 1.